The fraction of sp³-hybridized carbons (Fsp3) is 0.833. The molecule has 1 aliphatic rings. The highest BCUT2D eigenvalue weighted by Crippen LogP contribution is 2.27. The number of nitrogens with two attached hydrogens (primary N) is 1. The Hall–Kier alpha value is 0.01000. The van der Waals surface area contributed by atoms with Gasteiger partial charge in [0.1, 0.15) is 0 Å². The van der Waals surface area contributed by atoms with Crippen LogP contribution in [0.3, 0.4) is 0 Å². The smallest absolute Gasteiger partial charge is 0.0250 e. The Labute approximate surface area is 98.0 Å². The van der Waals surface area contributed by atoms with Crippen LogP contribution >= 0.6 is 11.8 Å². The van der Waals surface area contributed by atoms with Gasteiger partial charge in [0.2, 0.25) is 0 Å². The Morgan fingerprint density at radius 3 is 2.73 bits per heavy atom. The molecule has 0 bridgehead atoms. The van der Waals surface area contributed by atoms with E-state index < -0.39 is 0 Å². The Kier molecular flexibility index (Phi) is 6.37. The summed E-state index contributed by atoms with van der Waals surface area (Å²) in [4.78, 5) is 0. The van der Waals surface area contributed by atoms with Gasteiger partial charge >= 0.3 is 0 Å². The summed E-state index contributed by atoms with van der Waals surface area (Å²) in [5.74, 6) is 9.13. The number of hydrazine groups is 1. The molecule has 3 heteroatoms. The first kappa shape index (κ1) is 13.1. The van der Waals surface area contributed by atoms with E-state index in [1.165, 1.54) is 36.3 Å². The number of nitrogens with one attached hydrogen (secondary N) is 1. The normalized spacial score (nSPS) is 20.1. The lowest BCUT2D eigenvalue weighted by molar-refractivity contribution is 0.364. The van der Waals surface area contributed by atoms with Gasteiger partial charge in [0.25, 0.3) is 0 Å². The highest BCUT2D eigenvalue weighted by Gasteiger charge is 2.18. The maximum Gasteiger partial charge on any atom is 0.0250 e. The van der Waals surface area contributed by atoms with Crippen LogP contribution in [0.5, 0.6) is 0 Å². The molecule has 1 aliphatic heterocycles. The fourth-order valence-electron chi connectivity index (χ4n) is 2.09. The molecule has 0 radical (unpaired) electrons. The molecule has 1 atom stereocenters. The lowest BCUT2D eigenvalue weighted by Gasteiger charge is -2.26. The Morgan fingerprint density at radius 1 is 1.53 bits per heavy atom. The minimum Gasteiger partial charge on any atom is -0.271 e. The average molecular weight is 228 g/mol. The van der Waals surface area contributed by atoms with E-state index in [1.807, 2.05) is 0 Å². The standard InChI is InChI=1S/C12H24N2S/c1-3-10(2)8-12(14-13)9-11-4-6-15-7-5-11/h11-12,14H,2-9,13H2,1H3. The van der Waals surface area contributed by atoms with Gasteiger partial charge in [-0.1, -0.05) is 19.1 Å². The van der Waals surface area contributed by atoms with Gasteiger partial charge in [-0.3, -0.25) is 11.3 Å². The van der Waals surface area contributed by atoms with E-state index in [-0.39, 0.29) is 0 Å². The Bertz CT molecular complexity index is 188. The van der Waals surface area contributed by atoms with E-state index in [2.05, 4.69) is 30.7 Å². The zero-order chi connectivity index (χ0) is 11.1. The largest absolute Gasteiger partial charge is 0.271 e. The maximum absolute atomic E-state index is 5.60. The molecule has 15 heavy (non-hydrogen) atoms. The molecular weight excluding hydrogens is 204 g/mol. The second kappa shape index (κ2) is 7.31. The molecular formula is C12H24N2S. The zero-order valence-corrected chi connectivity index (χ0v) is 10.6. The Balaban J connectivity index is 2.28. The molecule has 0 aliphatic carbocycles. The molecule has 1 saturated heterocycles. The van der Waals surface area contributed by atoms with E-state index in [0.717, 1.165) is 18.8 Å². The summed E-state index contributed by atoms with van der Waals surface area (Å²) in [6.07, 6.45) is 6.05. The summed E-state index contributed by atoms with van der Waals surface area (Å²) >= 11 is 2.08. The van der Waals surface area contributed by atoms with Crippen molar-refractivity contribution in [2.75, 3.05) is 11.5 Å². The minimum atomic E-state index is 0.436. The van der Waals surface area contributed by atoms with E-state index in [4.69, 9.17) is 5.84 Å². The molecule has 1 heterocycles. The molecule has 1 unspecified atom stereocenters. The first-order valence-electron chi connectivity index (χ1n) is 5.96. The van der Waals surface area contributed by atoms with Crippen molar-refractivity contribution in [3.8, 4) is 0 Å². The van der Waals surface area contributed by atoms with Gasteiger partial charge in [-0.25, -0.2) is 0 Å². The van der Waals surface area contributed by atoms with Crippen LogP contribution in [-0.4, -0.2) is 17.5 Å². The van der Waals surface area contributed by atoms with Crippen LogP contribution in [0.2, 0.25) is 0 Å². The van der Waals surface area contributed by atoms with Crippen molar-refractivity contribution in [1.82, 2.24) is 5.43 Å². The van der Waals surface area contributed by atoms with Crippen LogP contribution in [0.25, 0.3) is 0 Å². The quantitative estimate of drug-likeness (QED) is 0.417. The molecule has 0 aromatic carbocycles. The summed E-state index contributed by atoms with van der Waals surface area (Å²) in [5, 5.41) is 0. The molecule has 88 valence electrons. The molecule has 0 amide bonds. The zero-order valence-electron chi connectivity index (χ0n) is 9.80. The maximum atomic E-state index is 5.60. The molecule has 0 spiro atoms. The summed E-state index contributed by atoms with van der Waals surface area (Å²) in [7, 11) is 0. The number of rotatable bonds is 6. The fourth-order valence-corrected chi connectivity index (χ4v) is 3.29. The molecule has 0 saturated carbocycles. The number of hydrogen-bond donors (Lipinski definition) is 2. The highest BCUT2D eigenvalue weighted by molar-refractivity contribution is 7.99. The Morgan fingerprint density at radius 2 is 2.20 bits per heavy atom. The van der Waals surface area contributed by atoms with Crippen LogP contribution in [0.1, 0.15) is 39.0 Å². The summed E-state index contributed by atoms with van der Waals surface area (Å²) < 4.78 is 0. The lowest BCUT2D eigenvalue weighted by atomic mass is 9.91. The SMILES string of the molecule is C=C(CC)CC(CC1CCSCC1)NN. The van der Waals surface area contributed by atoms with Gasteiger partial charge in [-0.15, -0.1) is 0 Å². The molecule has 1 fully saturated rings. The first-order chi connectivity index (χ1) is 7.26. The van der Waals surface area contributed by atoms with Crippen LogP contribution in [0.4, 0.5) is 0 Å². The monoisotopic (exact) mass is 228 g/mol. The third-order valence-electron chi connectivity index (χ3n) is 3.23. The molecule has 1 rings (SSSR count). The summed E-state index contributed by atoms with van der Waals surface area (Å²) in [6, 6.07) is 0.436. The lowest BCUT2D eigenvalue weighted by Crippen LogP contribution is -2.37. The first-order valence-corrected chi connectivity index (χ1v) is 7.12. The van der Waals surface area contributed by atoms with Crippen molar-refractivity contribution in [3.05, 3.63) is 12.2 Å². The molecule has 0 aromatic rings. The number of hydrogen-bond acceptors (Lipinski definition) is 3. The average Bonchev–Trinajstić information content (AvgIpc) is 2.29. The van der Waals surface area contributed by atoms with E-state index >= 15 is 0 Å². The van der Waals surface area contributed by atoms with Gasteiger partial charge in [-0.05, 0) is 49.5 Å². The van der Waals surface area contributed by atoms with Crippen molar-refractivity contribution >= 4 is 11.8 Å². The van der Waals surface area contributed by atoms with Crippen molar-refractivity contribution in [3.63, 3.8) is 0 Å². The van der Waals surface area contributed by atoms with Gasteiger partial charge < -0.3 is 0 Å². The van der Waals surface area contributed by atoms with E-state index in [9.17, 15) is 0 Å². The summed E-state index contributed by atoms with van der Waals surface area (Å²) in [5.41, 5.74) is 4.26. The van der Waals surface area contributed by atoms with Crippen molar-refractivity contribution in [2.45, 2.75) is 45.1 Å². The predicted molar refractivity (Wildman–Crippen MR) is 69.8 cm³/mol. The third kappa shape index (κ3) is 5.05. The summed E-state index contributed by atoms with van der Waals surface area (Å²) in [6.45, 7) is 6.21. The third-order valence-corrected chi connectivity index (χ3v) is 4.28. The van der Waals surface area contributed by atoms with E-state index in [1.54, 1.807) is 0 Å². The second-order valence-corrected chi connectivity index (χ2v) is 5.69. The van der Waals surface area contributed by atoms with Crippen LogP contribution < -0.4 is 11.3 Å². The predicted octanol–water partition coefficient (Wildman–Crippen LogP) is 2.71. The molecule has 2 nitrogen and oxygen atoms in total. The van der Waals surface area contributed by atoms with Crippen molar-refractivity contribution < 1.29 is 0 Å². The van der Waals surface area contributed by atoms with Crippen LogP contribution in [0, 0.1) is 5.92 Å². The van der Waals surface area contributed by atoms with Crippen molar-refractivity contribution in [1.29, 1.82) is 0 Å². The van der Waals surface area contributed by atoms with Gasteiger partial charge in [0.15, 0.2) is 0 Å². The number of thioether (sulfide) groups is 1. The highest BCUT2D eigenvalue weighted by atomic mass is 32.2. The van der Waals surface area contributed by atoms with Crippen molar-refractivity contribution in [2.24, 2.45) is 11.8 Å². The topological polar surface area (TPSA) is 38.0 Å². The van der Waals surface area contributed by atoms with Gasteiger partial charge in [0.05, 0.1) is 0 Å². The van der Waals surface area contributed by atoms with E-state index in [0.29, 0.717) is 6.04 Å². The van der Waals surface area contributed by atoms with Gasteiger partial charge in [-0.2, -0.15) is 11.8 Å². The van der Waals surface area contributed by atoms with Crippen LogP contribution in [0.15, 0.2) is 12.2 Å². The van der Waals surface area contributed by atoms with Gasteiger partial charge in [0, 0.05) is 6.04 Å². The second-order valence-electron chi connectivity index (χ2n) is 4.46. The molecule has 3 N–H and O–H groups in total. The minimum absolute atomic E-state index is 0.436. The van der Waals surface area contributed by atoms with Crippen LogP contribution in [-0.2, 0) is 0 Å². The molecule has 0 aromatic heterocycles.